The summed E-state index contributed by atoms with van der Waals surface area (Å²) in [6.07, 6.45) is 5.83. The molecule has 1 heterocycles. The quantitative estimate of drug-likeness (QED) is 0.899. The van der Waals surface area contributed by atoms with Crippen LogP contribution in [0.1, 0.15) is 27.8 Å². The third-order valence-corrected chi connectivity index (χ3v) is 3.93. The number of nitrogens with zero attached hydrogens (tertiary/aromatic N) is 1. The molecule has 0 spiro atoms. The van der Waals surface area contributed by atoms with Crippen molar-refractivity contribution in [2.24, 2.45) is 0 Å². The summed E-state index contributed by atoms with van der Waals surface area (Å²) in [7, 11) is 2.05. The molecule has 0 amide bonds. The zero-order valence-corrected chi connectivity index (χ0v) is 12.9. The minimum atomic E-state index is 0.456. The highest BCUT2D eigenvalue weighted by molar-refractivity contribution is 5.38. The summed E-state index contributed by atoms with van der Waals surface area (Å²) >= 11 is 0. The summed E-state index contributed by atoms with van der Waals surface area (Å²) in [6, 6.07) is 9.21. The van der Waals surface area contributed by atoms with Crippen LogP contribution in [0.15, 0.2) is 36.7 Å². The summed E-state index contributed by atoms with van der Waals surface area (Å²) in [5, 5.41) is 3.45. The van der Waals surface area contributed by atoms with Crippen molar-refractivity contribution in [2.75, 3.05) is 7.05 Å². The predicted octanol–water partition coefficient (Wildman–Crippen LogP) is 3.38. The number of benzene rings is 1. The Morgan fingerprint density at radius 1 is 1.00 bits per heavy atom. The lowest BCUT2D eigenvalue weighted by atomic mass is 9.92. The van der Waals surface area contributed by atoms with E-state index in [1.807, 2.05) is 19.4 Å². The molecule has 0 fully saturated rings. The van der Waals surface area contributed by atoms with E-state index in [1.165, 1.54) is 27.8 Å². The van der Waals surface area contributed by atoms with E-state index >= 15 is 0 Å². The molecule has 2 aromatic rings. The Labute approximate surface area is 122 Å². The molecule has 0 aliphatic carbocycles. The van der Waals surface area contributed by atoms with Gasteiger partial charge in [0.1, 0.15) is 0 Å². The fourth-order valence-corrected chi connectivity index (χ4v) is 2.86. The number of pyridine rings is 1. The fraction of sp³-hybridized carbons (Fsp3) is 0.389. The molecule has 0 radical (unpaired) electrons. The van der Waals surface area contributed by atoms with Gasteiger partial charge in [0.2, 0.25) is 0 Å². The van der Waals surface area contributed by atoms with Crippen LogP contribution in [0, 0.1) is 20.8 Å². The van der Waals surface area contributed by atoms with Crippen molar-refractivity contribution in [3.63, 3.8) is 0 Å². The molecule has 1 atom stereocenters. The second-order valence-corrected chi connectivity index (χ2v) is 5.63. The number of aryl methyl sites for hydroxylation is 3. The lowest BCUT2D eigenvalue weighted by molar-refractivity contribution is 0.554. The van der Waals surface area contributed by atoms with E-state index in [-0.39, 0.29) is 0 Å². The smallest absolute Gasteiger partial charge is 0.0270 e. The second kappa shape index (κ2) is 6.67. The fourth-order valence-electron chi connectivity index (χ4n) is 2.86. The first-order valence-electron chi connectivity index (χ1n) is 7.23. The monoisotopic (exact) mass is 268 g/mol. The molecule has 0 aliphatic rings. The second-order valence-electron chi connectivity index (χ2n) is 5.63. The maximum Gasteiger partial charge on any atom is 0.0270 e. The minimum Gasteiger partial charge on any atom is -0.316 e. The van der Waals surface area contributed by atoms with Gasteiger partial charge in [-0.3, -0.25) is 4.98 Å². The molecule has 20 heavy (non-hydrogen) atoms. The van der Waals surface area contributed by atoms with Crippen LogP contribution in [-0.4, -0.2) is 18.1 Å². The number of nitrogens with one attached hydrogen (secondary N) is 1. The van der Waals surface area contributed by atoms with Crippen molar-refractivity contribution in [1.29, 1.82) is 0 Å². The van der Waals surface area contributed by atoms with E-state index < -0.39 is 0 Å². The topological polar surface area (TPSA) is 24.9 Å². The number of hydrogen-bond donors (Lipinski definition) is 1. The van der Waals surface area contributed by atoms with Gasteiger partial charge in [0.25, 0.3) is 0 Å². The minimum absolute atomic E-state index is 0.456. The molecule has 2 nitrogen and oxygen atoms in total. The van der Waals surface area contributed by atoms with Crippen LogP contribution >= 0.6 is 0 Å². The Morgan fingerprint density at radius 2 is 1.60 bits per heavy atom. The van der Waals surface area contributed by atoms with Gasteiger partial charge in [-0.25, -0.2) is 0 Å². The maximum absolute atomic E-state index is 4.08. The highest BCUT2D eigenvalue weighted by Crippen LogP contribution is 2.19. The third kappa shape index (κ3) is 3.67. The van der Waals surface area contributed by atoms with E-state index in [0.29, 0.717) is 6.04 Å². The van der Waals surface area contributed by atoms with Crippen molar-refractivity contribution < 1.29 is 0 Å². The number of rotatable bonds is 5. The molecule has 106 valence electrons. The normalized spacial score (nSPS) is 12.4. The van der Waals surface area contributed by atoms with Crippen LogP contribution in [0.4, 0.5) is 0 Å². The van der Waals surface area contributed by atoms with E-state index in [1.54, 1.807) is 0 Å². The zero-order chi connectivity index (χ0) is 14.5. The van der Waals surface area contributed by atoms with Gasteiger partial charge in [0.05, 0.1) is 0 Å². The van der Waals surface area contributed by atoms with E-state index in [9.17, 15) is 0 Å². The van der Waals surface area contributed by atoms with Crippen LogP contribution in [-0.2, 0) is 12.8 Å². The molecule has 0 aliphatic heterocycles. The van der Waals surface area contributed by atoms with Crippen LogP contribution in [0.3, 0.4) is 0 Å². The van der Waals surface area contributed by atoms with Gasteiger partial charge in [-0.05, 0) is 75.0 Å². The first kappa shape index (κ1) is 14.7. The molecule has 0 saturated carbocycles. The van der Waals surface area contributed by atoms with Gasteiger partial charge in [-0.2, -0.15) is 0 Å². The van der Waals surface area contributed by atoms with E-state index in [2.05, 4.69) is 55.3 Å². The Morgan fingerprint density at radius 3 is 2.15 bits per heavy atom. The first-order chi connectivity index (χ1) is 9.60. The summed E-state index contributed by atoms with van der Waals surface area (Å²) in [5.74, 6) is 0. The summed E-state index contributed by atoms with van der Waals surface area (Å²) in [6.45, 7) is 6.60. The van der Waals surface area contributed by atoms with Crippen LogP contribution in [0.2, 0.25) is 0 Å². The lowest BCUT2D eigenvalue weighted by Crippen LogP contribution is -2.30. The first-order valence-corrected chi connectivity index (χ1v) is 7.23. The SMILES string of the molecule is CNC(Cc1ccncc1)Cc1c(C)cc(C)cc1C. The van der Waals surface area contributed by atoms with Crippen molar-refractivity contribution in [3.05, 3.63) is 64.5 Å². The van der Waals surface area contributed by atoms with Gasteiger partial charge in [0.15, 0.2) is 0 Å². The number of aromatic nitrogens is 1. The van der Waals surface area contributed by atoms with Crippen LogP contribution in [0.5, 0.6) is 0 Å². The molecule has 0 saturated heterocycles. The van der Waals surface area contributed by atoms with E-state index in [0.717, 1.165) is 12.8 Å². The number of likely N-dealkylation sites (N-methyl/N-ethyl adjacent to an activating group) is 1. The van der Waals surface area contributed by atoms with Gasteiger partial charge in [0, 0.05) is 18.4 Å². The van der Waals surface area contributed by atoms with Gasteiger partial charge < -0.3 is 5.32 Å². The molecule has 2 rings (SSSR count). The summed E-state index contributed by atoms with van der Waals surface area (Å²) in [5.41, 5.74) is 6.96. The Kier molecular flexibility index (Phi) is 4.91. The lowest BCUT2D eigenvalue weighted by Gasteiger charge is -2.19. The zero-order valence-electron chi connectivity index (χ0n) is 12.9. The third-order valence-electron chi connectivity index (χ3n) is 3.93. The Bertz CT molecular complexity index is 538. The molecule has 1 aromatic heterocycles. The standard InChI is InChI=1S/C18H24N2/c1-13-9-14(2)18(15(3)10-13)12-17(19-4)11-16-5-7-20-8-6-16/h5-10,17,19H,11-12H2,1-4H3. The van der Waals surface area contributed by atoms with Crippen molar-refractivity contribution in [1.82, 2.24) is 10.3 Å². The molecular formula is C18H24N2. The molecule has 2 heteroatoms. The largest absolute Gasteiger partial charge is 0.316 e. The average molecular weight is 268 g/mol. The molecular weight excluding hydrogens is 244 g/mol. The molecule has 1 aromatic carbocycles. The summed E-state index contributed by atoms with van der Waals surface area (Å²) < 4.78 is 0. The van der Waals surface area contributed by atoms with Crippen LogP contribution in [0.25, 0.3) is 0 Å². The number of hydrogen-bond acceptors (Lipinski definition) is 2. The van der Waals surface area contributed by atoms with E-state index in [4.69, 9.17) is 0 Å². The van der Waals surface area contributed by atoms with Crippen molar-refractivity contribution in [3.8, 4) is 0 Å². The highest BCUT2D eigenvalue weighted by Gasteiger charge is 2.12. The maximum atomic E-state index is 4.08. The Hall–Kier alpha value is -1.67. The Balaban J connectivity index is 2.15. The van der Waals surface area contributed by atoms with Gasteiger partial charge in [-0.15, -0.1) is 0 Å². The molecule has 1 N–H and O–H groups in total. The average Bonchev–Trinajstić information content (AvgIpc) is 2.42. The predicted molar refractivity (Wildman–Crippen MR) is 85.1 cm³/mol. The van der Waals surface area contributed by atoms with Crippen molar-refractivity contribution in [2.45, 2.75) is 39.7 Å². The molecule has 0 bridgehead atoms. The highest BCUT2D eigenvalue weighted by atomic mass is 14.9. The van der Waals surface area contributed by atoms with Crippen LogP contribution < -0.4 is 5.32 Å². The van der Waals surface area contributed by atoms with Gasteiger partial charge >= 0.3 is 0 Å². The van der Waals surface area contributed by atoms with Crippen molar-refractivity contribution >= 4 is 0 Å². The molecule has 1 unspecified atom stereocenters. The van der Waals surface area contributed by atoms with Gasteiger partial charge in [-0.1, -0.05) is 17.7 Å². The summed E-state index contributed by atoms with van der Waals surface area (Å²) in [4.78, 5) is 4.08.